The number of nitro benzene ring substituents is 1. The van der Waals surface area contributed by atoms with Crippen LogP contribution in [-0.4, -0.2) is 31.1 Å². The summed E-state index contributed by atoms with van der Waals surface area (Å²) in [6, 6.07) is 7.37. The van der Waals surface area contributed by atoms with E-state index in [0.29, 0.717) is 6.04 Å². The Morgan fingerprint density at radius 3 is 3.06 bits per heavy atom. The molecule has 0 aromatic heterocycles. The van der Waals surface area contributed by atoms with Crippen LogP contribution in [0.3, 0.4) is 0 Å². The molecule has 1 N–H and O–H groups in total. The van der Waals surface area contributed by atoms with Gasteiger partial charge in [-0.25, -0.2) is 0 Å². The summed E-state index contributed by atoms with van der Waals surface area (Å²) < 4.78 is 0. The number of nitro groups is 1. The maximum atomic E-state index is 10.8. The molecule has 0 spiro atoms. The number of benzene rings is 1. The molecule has 1 aromatic carbocycles. The molecule has 2 rings (SSSR count). The Balaban J connectivity index is 2.22. The third-order valence-corrected chi connectivity index (χ3v) is 3.44. The number of nitrogens with one attached hydrogen (secondary N) is 1. The quantitative estimate of drug-likeness (QED) is 0.656. The molecule has 1 unspecified atom stereocenters. The Morgan fingerprint density at radius 2 is 2.33 bits per heavy atom. The van der Waals surface area contributed by atoms with E-state index in [9.17, 15) is 10.1 Å². The van der Waals surface area contributed by atoms with E-state index in [4.69, 9.17) is 0 Å². The molecule has 1 fully saturated rings. The highest BCUT2D eigenvalue weighted by Crippen LogP contribution is 2.27. The zero-order valence-corrected chi connectivity index (χ0v) is 10.6. The maximum Gasteiger partial charge on any atom is 0.271 e. The van der Waals surface area contributed by atoms with Gasteiger partial charge in [0.15, 0.2) is 0 Å². The average Bonchev–Trinajstić information content (AvgIpc) is 2.40. The van der Waals surface area contributed by atoms with Crippen LogP contribution in [0.2, 0.25) is 0 Å². The minimum Gasteiger partial charge on any atom is -0.367 e. The normalized spacial score (nSPS) is 19.8. The summed E-state index contributed by atoms with van der Waals surface area (Å²) in [5.41, 5.74) is 1.13. The predicted octanol–water partition coefficient (Wildman–Crippen LogP) is 2.17. The van der Waals surface area contributed by atoms with Gasteiger partial charge in [0, 0.05) is 37.0 Å². The van der Waals surface area contributed by atoms with Crippen LogP contribution in [-0.2, 0) is 0 Å². The molecular weight excluding hydrogens is 230 g/mol. The molecule has 0 bridgehead atoms. The predicted molar refractivity (Wildman–Crippen MR) is 72.0 cm³/mol. The zero-order valence-electron chi connectivity index (χ0n) is 10.6. The summed E-state index contributed by atoms with van der Waals surface area (Å²) in [7, 11) is 1.94. The van der Waals surface area contributed by atoms with Crippen LogP contribution in [0, 0.1) is 10.1 Å². The molecule has 1 heterocycles. The summed E-state index contributed by atoms with van der Waals surface area (Å²) >= 11 is 0. The molecule has 1 saturated heterocycles. The lowest BCUT2D eigenvalue weighted by molar-refractivity contribution is -0.384. The number of piperidine rings is 1. The molecule has 1 atom stereocenters. The lowest BCUT2D eigenvalue weighted by Crippen LogP contribution is -2.45. The van der Waals surface area contributed by atoms with Crippen LogP contribution >= 0.6 is 0 Å². The Bertz CT molecular complexity index is 420. The van der Waals surface area contributed by atoms with Gasteiger partial charge >= 0.3 is 0 Å². The largest absolute Gasteiger partial charge is 0.367 e. The van der Waals surface area contributed by atoms with Crippen LogP contribution in [0.15, 0.2) is 24.3 Å². The third kappa shape index (κ3) is 2.79. The molecule has 0 aliphatic carbocycles. The Labute approximate surface area is 107 Å². The van der Waals surface area contributed by atoms with Crippen molar-refractivity contribution >= 4 is 11.4 Å². The van der Waals surface area contributed by atoms with E-state index in [2.05, 4.69) is 10.2 Å². The van der Waals surface area contributed by atoms with Crippen molar-refractivity contribution in [3.05, 3.63) is 34.4 Å². The number of non-ortho nitro benzene ring substituents is 1. The third-order valence-electron chi connectivity index (χ3n) is 3.44. The van der Waals surface area contributed by atoms with Gasteiger partial charge in [0.25, 0.3) is 5.69 Å². The Kier molecular flexibility index (Phi) is 4.15. The molecule has 18 heavy (non-hydrogen) atoms. The lowest BCUT2D eigenvalue weighted by Gasteiger charge is -2.37. The molecule has 5 heteroatoms. The second-order valence-corrected chi connectivity index (χ2v) is 4.68. The number of nitrogens with zero attached hydrogens (tertiary/aromatic N) is 2. The SMILES string of the molecule is CNCC1CCCCN1c1cccc([N+](=O)[O-])c1. The molecule has 0 radical (unpaired) electrons. The van der Waals surface area contributed by atoms with Crippen molar-refractivity contribution in [1.29, 1.82) is 0 Å². The second-order valence-electron chi connectivity index (χ2n) is 4.68. The van der Waals surface area contributed by atoms with Crippen molar-refractivity contribution in [2.45, 2.75) is 25.3 Å². The summed E-state index contributed by atoms with van der Waals surface area (Å²) in [4.78, 5) is 12.8. The first-order valence-electron chi connectivity index (χ1n) is 6.38. The van der Waals surface area contributed by atoms with Gasteiger partial charge in [-0.2, -0.15) is 0 Å². The summed E-state index contributed by atoms with van der Waals surface area (Å²) in [5, 5.41) is 14.0. The van der Waals surface area contributed by atoms with Gasteiger partial charge in [-0.3, -0.25) is 10.1 Å². The minimum absolute atomic E-state index is 0.168. The number of hydrogen-bond acceptors (Lipinski definition) is 4. The number of likely N-dealkylation sites (N-methyl/N-ethyl adjacent to an activating group) is 1. The topological polar surface area (TPSA) is 58.4 Å². The summed E-state index contributed by atoms with van der Waals surface area (Å²) in [5.74, 6) is 0. The number of rotatable bonds is 4. The highest BCUT2D eigenvalue weighted by molar-refractivity contribution is 5.54. The van der Waals surface area contributed by atoms with Gasteiger partial charge in [-0.1, -0.05) is 6.07 Å². The first kappa shape index (κ1) is 12.8. The molecule has 1 aromatic rings. The smallest absolute Gasteiger partial charge is 0.271 e. The van der Waals surface area contributed by atoms with Crippen LogP contribution in [0.1, 0.15) is 19.3 Å². The molecular formula is C13H19N3O2. The van der Waals surface area contributed by atoms with Crippen LogP contribution in [0.5, 0.6) is 0 Å². The fraction of sp³-hybridized carbons (Fsp3) is 0.538. The fourth-order valence-corrected chi connectivity index (χ4v) is 2.57. The lowest BCUT2D eigenvalue weighted by atomic mass is 10.0. The summed E-state index contributed by atoms with van der Waals surface area (Å²) in [6.45, 7) is 1.90. The Morgan fingerprint density at radius 1 is 1.50 bits per heavy atom. The van der Waals surface area contributed by atoms with Crippen LogP contribution in [0.4, 0.5) is 11.4 Å². The molecule has 0 saturated carbocycles. The van der Waals surface area contributed by atoms with Crippen molar-refractivity contribution in [2.75, 3.05) is 25.0 Å². The van der Waals surface area contributed by atoms with E-state index in [-0.39, 0.29) is 10.6 Å². The molecule has 98 valence electrons. The first-order chi connectivity index (χ1) is 8.72. The van der Waals surface area contributed by atoms with E-state index >= 15 is 0 Å². The van der Waals surface area contributed by atoms with E-state index in [1.165, 1.54) is 6.42 Å². The fourth-order valence-electron chi connectivity index (χ4n) is 2.57. The van der Waals surface area contributed by atoms with Crippen molar-refractivity contribution in [3.63, 3.8) is 0 Å². The highest BCUT2D eigenvalue weighted by atomic mass is 16.6. The van der Waals surface area contributed by atoms with E-state index < -0.39 is 0 Å². The first-order valence-corrected chi connectivity index (χ1v) is 6.38. The Hall–Kier alpha value is -1.62. The van der Waals surface area contributed by atoms with Gasteiger partial charge in [0.05, 0.1) is 4.92 Å². The molecule has 1 aliphatic rings. The molecule has 5 nitrogen and oxygen atoms in total. The number of anilines is 1. The monoisotopic (exact) mass is 249 g/mol. The van der Waals surface area contributed by atoms with Gasteiger partial charge in [0.2, 0.25) is 0 Å². The van der Waals surface area contributed by atoms with Crippen molar-refractivity contribution in [3.8, 4) is 0 Å². The van der Waals surface area contributed by atoms with Gasteiger partial charge in [0.1, 0.15) is 0 Å². The minimum atomic E-state index is -0.333. The highest BCUT2D eigenvalue weighted by Gasteiger charge is 2.23. The van der Waals surface area contributed by atoms with Gasteiger partial charge < -0.3 is 10.2 Å². The van der Waals surface area contributed by atoms with Crippen LogP contribution in [0.25, 0.3) is 0 Å². The number of hydrogen-bond donors (Lipinski definition) is 1. The van der Waals surface area contributed by atoms with Crippen molar-refractivity contribution < 1.29 is 4.92 Å². The van der Waals surface area contributed by atoms with E-state index in [1.54, 1.807) is 18.2 Å². The summed E-state index contributed by atoms with van der Waals surface area (Å²) in [6.07, 6.45) is 3.53. The average molecular weight is 249 g/mol. The molecule has 0 amide bonds. The standard InChI is InChI=1S/C13H19N3O2/c1-14-10-13-5-2-3-8-15(13)11-6-4-7-12(9-11)16(17)18/h4,6-7,9,13-14H,2-3,5,8,10H2,1H3. The maximum absolute atomic E-state index is 10.8. The van der Waals surface area contributed by atoms with Gasteiger partial charge in [-0.15, -0.1) is 0 Å². The van der Waals surface area contributed by atoms with Crippen molar-refractivity contribution in [2.24, 2.45) is 0 Å². The zero-order chi connectivity index (χ0) is 13.0. The second kappa shape index (κ2) is 5.82. The van der Waals surface area contributed by atoms with Crippen molar-refractivity contribution in [1.82, 2.24) is 5.32 Å². The van der Waals surface area contributed by atoms with Gasteiger partial charge in [-0.05, 0) is 32.4 Å². The molecule has 1 aliphatic heterocycles. The van der Waals surface area contributed by atoms with Crippen LogP contribution < -0.4 is 10.2 Å². The van der Waals surface area contributed by atoms with E-state index in [1.807, 2.05) is 13.1 Å². The van der Waals surface area contributed by atoms with E-state index in [0.717, 1.165) is 31.6 Å².